The minimum atomic E-state index is -0.434. The Kier molecular flexibility index (Phi) is 4.86. The zero-order valence-corrected chi connectivity index (χ0v) is 15.8. The van der Waals surface area contributed by atoms with E-state index in [9.17, 15) is 4.79 Å². The standard InChI is InChI=1S/C19H28BNO4/c1-18(2)19(3,4)25-20(24-18)15-9-8-14(16(11-15)23-5)10-17(22)21-12-13-6-7-13/h8-9,11,13H,6-7,10,12H2,1-5H3,(H,21,22). The molecule has 2 fully saturated rings. The van der Waals surface area contributed by atoms with Crippen LogP contribution in [0, 0.1) is 5.92 Å². The molecule has 1 aromatic carbocycles. The molecule has 0 radical (unpaired) electrons. The third-order valence-electron chi connectivity index (χ3n) is 5.47. The van der Waals surface area contributed by atoms with Gasteiger partial charge in [0.1, 0.15) is 5.75 Å². The summed E-state index contributed by atoms with van der Waals surface area (Å²) in [6.45, 7) is 8.91. The van der Waals surface area contributed by atoms with E-state index in [0.29, 0.717) is 18.1 Å². The summed E-state index contributed by atoms with van der Waals surface area (Å²) in [5.41, 5.74) is 1.01. The number of amides is 1. The molecule has 1 aliphatic heterocycles. The SMILES string of the molecule is COc1cc(B2OC(C)(C)C(C)(C)O2)ccc1CC(=O)NCC1CC1. The van der Waals surface area contributed by atoms with E-state index in [-0.39, 0.29) is 17.1 Å². The summed E-state index contributed by atoms with van der Waals surface area (Å²) in [6, 6.07) is 5.79. The van der Waals surface area contributed by atoms with Gasteiger partial charge >= 0.3 is 7.12 Å². The van der Waals surface area contributed by atoms with Gasteiger partial charge in [0, 0.05) is 12.1 Å². The predicted octanol–water partition coefficient (Wildman–Crippen LogP) is 2.06. The Balaban J connectivity index is 1.70. The Hall–Kier alpha value is -1.53. The molecule has 1 amide bonds. The lowest BCUT2D eigenvalue weighted by molar-refractivity contribution is -0.120. The fourth-order valence-electron chi connectivity index (χ4n) is 2.85. The largest absolute Gasteiger partial charge is 0.496 e. The van der Waals surface area contributed by atoms with Crippen molar-refractivity contribution in [2.45, 2.75) is 58.2 Å². The molecular weight excluding hydrogens is 317 g/mol. The molecule has 136 valence electrons. The van der Waals surface area contributed by atoms with Crippen LogP contribution in [0.25, 0.3) is 0 Å². The summed E-state index contributed by atoms with van der Waals surface area (Å²) in [5.74, 6) is 1.40. The van der Waals surface area contributed by atoms with E-state index in [0.717, 1.165) is 17.6 Å². The van der Waals surface area contributed by atoms with Crippen molar-refractivity contribution < 1.29 is 18.8 Å². The van der Waals surface area contributed by atoms with Crippen LogP contribution in [0.3, 0.4) is 0 Å². The number of nitrogens with one attached hydrogen (secondary N) is 1. The predicted molar refractivity (Wildman–Crippen MR) is 98.1 cm³/mol. The van der Waals surface area contributed by atoms with E-state index in [4.69, 9.17) is 14.0 Å². The Labute approximate surface area is 150 Å². The molecule has 0 spiro atoms. The lowest BCUT2D eigenvalue weighted by atomic mass is 9.78. The highest BCUT2D eigenvalue weighted by atomic mass is 16.7. The summed E-state index contributed by atoms with van der Waals surface area (Å²) < 4.78 is 17.7. The van der Waals surface area contributed by atoms with E-state index < -0.39 is 7.12 Å². The third kappa shape index (κ3) is 4.01. The number of carbonyl (C=O) groups is 1. The van der Waals surface area contributed by atoms with Crippen molar-refractivity contribution >= 4 is 18.5 Å². The summed E-state index contributed by atoms with van der Waals surface area (Å²) in [5, 5.41) is 2.99. The number of hydrogen-bond acceptors (Lipinski definition) is 4. The Morgan fingerprint density at radius 2 is 1.88 bits per heavy atom. The van der Waals surface area contributed by atoms with Crippen molar-refractivity contribution in [1.82, 2.24) is 5.32 Å². The summed E-state index contributed by atoms with van der Waals surface area (Å²) >= 11 is 0. The van der Waals surface area contributed by atoms with Crippen LogP contribution in [0.4, 0.5) is 0 Å². The van der Waals surface area contributed by atoms with Gasteiger partial charge in [-0.1, -0.05) is 12.1 Å². The average Bonchev–Trinajstić information content (AvgIpc) is 3.33. The second-order valence-corrected chi connectivity index (χ2v) is 8.08. The van der Waals surface area contributed by atoms with Gasteiger partial charge in [0.15, 0.2) is 0 Å². The zero-order chi connectivity index (χ0) is 18.2. The molecule has 1 saturated heterocycles. The second kappa shape index (κ2) is 6.65. The molecule has 0 atom stereocenters. The van der Waals surface area contributed by atoms with Crippen molar-refractivity contribution in [3.05, 3.63) is 23.8 Å². The molecule has 25 heavy (non-hydrogen) atoms. The molecule has 5 nitrogen and oxygen atoms in total. The maximum absolute atomic E-state index is 12.1. The first-order valence-corrected chi connectivity index (χ1v) is 9.01. The minimum Gasteiger partial charge on any atom is -0.496 e. The van der Waals surface area contributed by atoms with Gasteiger partial charge in [0.25, 0.3) is 0 Å². The smallest absolute Gasteiger partial charge is 0.494 e. The lowest BCUT2D eigenvalue weighted by Gasteiger charge is -2.32. The molecule has 0 aromatic heterocycles. The lowest BCUT2D eigenvalue weighted by Crippen LogP contribution is -2.41. The fourth-order valence-corrected chi connectivity index (χ4v) is 2.85. The highest BCUT2D eigenvalue weighted by molar-refractivity contribution is 6.62. The van der Waals surface area contributed by atoms with Crippen LogP contribution >= 0.6 is 0 Å². The van der Waals surface area contributed by atoms with E-state index in [1.807, 2.05) is 45.9 Å². The van der Waals surface area contributed by atoms with Gasteiger partial charge in [0.05, 0.1) is 24.7 Å². The first-order chi connectivity index (χ1) is 11.7. The Morgan fingerprint density at radius 1 is 1.24 bits per heavy atom. The van der Waals surface area contributed by atoms with E-state index in [2.05, 4.69) is 5.32 Å². The van der Waals surface area contributed by atoms with E-state index in [1.54, 1.807) is 7.11 Å². The number of benzene rings is 1. The van der Waals surface area contributed by atoms with Crippen molar-refractivity contribution in [2.24, 2.45) is 5.92 Å². The molecule has 1 N–H and O–H groups in total. The number of rotatable bonds is 6. The van der Waals surface area contributed by atoms with Crippen molar-refractivity contribution in [3.63, 3.8) is 0 Å². The fraction of sp³-hybridized carbons (Fsp3) is 0.632. The van der Waals surface area contributed by atoms with Gasteiger partial charge in [-0.3, -0.25) is 4.79 Å². The molecule has 0 unspecified atom stereocenters. The first kappa shape index (κ1) is 18.3. The van der Waals surface area contributed by atoms with Crippen LogP contribution in [0.15, 0.2) is 18.2 Å². The quantitative estimate of drug-likeness (QED) is 0.802. The number of methoxy groups -OCH3 is 1. The van der Waals surface area contributed by atoms with Crippen LogP contribution in [-0.2, 0) is 20.5 Å². The number of ether oxygens (including phenoxy) is 1. The summed E-state index contributed by atoms with van der Waals surface area (Å²) in [6.07, 6.45) is 2.78. The Morgan fingerprint density at radius 3 is 2.44 bits per heavy atom. The molecular formula is C19H28BNO4. The average molecular weight is 345 g/mol. The van der Waals surface area contributed by atoms with Gasteiger partial charge in [-0.05, 0) is 58.0 Å². The van der Waals surface area contributed by atoms with Crippen molar-refractivity contribution in [2.75, 3.05) is 13.7 Å². The second-order valence-electron chi connectivity index (χ2n) is 8.08. The van der Waals surface area contributed by atoms with Gasteiger partial charge in [-0.15, -0.1) is 0 Å². The highest BCUT2D eigenvalue weighted by Crippen LogP contribution is 2.36. The van der Waals surface area contributed by atoms with Gasteiger partial charge in [-0.2, -0.15) is 0 Å². The molecule has 0 bridgehead atoms. The van der Waals surface area contributed by atoms with Crippen LogP contribution in [0.2, 0.25) is 0 Å². The molecule has 1 heterocycles. The van der Waals surface area contributed by atoms with Gasteiger partial charge < -0.3 is 19.4 Å². The van der Waals surface area contributed by atoms with Crippen molar-refractivity contribution in [3.8, 4) is 5.75 Å². The van der Waals surface area contributed by atoms with Crippen LogP contribution in [0.1, 0.15) is 46.1 Å². The number of hydrogen-bond donors (Lipinski definition) is 1. The molecule has 1 aliphatic carbocycles. The summed E-state index contributed by atoms with van der Waals surface area (Å²) in [7, 11) is 1.19. The van der Waals surface area contributed by atoms with E-state index in [1.165, 1.54) is 12.8 Å². The monoisotopic (exact) mass is 345 g/mol. The van der Waals surface area contributed by atoms with Gasteiger partial charge in [-0.25, -0.2) is 0 Å². The van der Waals surface area contributed by atoms with Crippen molar-refractivity contribution in [1.29, 1.82) is 0 Å². The summed E-state index contributed by atoms with van der Waals surface area (Å²) in [4.78, 5) is 12.1. The molecule has 3 rings (SSSR count). The number of carbonyl (C=O) groups excluding carboxylic acids is 1. The van der Waals surface area contributed by atoms with E-state index >= 15 is 0 Å². The molecule has 1 saturated carbocycles. The highest BCUT2D eigenvalue weighted by Gasteiger charge is 2.51. The molecule has 1 aromatic rings. The minimum absolute atomic E-state index is 0.0357. The zero-order valence-electron chi connectivity index (χ0n) is 15.8. The van der Waals surface area contributed by atoms with Crippen LogP contribution in [0.5, 0.6) is 5.75 Å². The third-order valence-corrected chi connectivity index (χ3v) is 5.47. The maximum Gasteiger partial charge on any atom is 0.494 e. The van der Waals surface area contributed by atoms with Crippen LogP contribution < -0.4 is 15.5 Å². The molecule has 6 heteroatoms. The van der Waals surface area contributed by atoms with Gasteiger partial charge in [0.2, 0.25) is 5.91 Å². The molecule has 2 aliphatic rings. The van der Waals surface area contributed by atoms with Crippen LogP contribution in [-0.4, -0.2) is 37.9 Å². The Bertz CT molecular complexity index is 639. The first-order valence-electron chi connectivity index (χ1n) is 9.01. The maximum atomic E-state index is 12.1. The topological polar surface area (TPSA) is 56.8 Å². The normalized spacial score (nSPS) is 21.2.